The minimum Gasteiger partial charge on any atom is -0.477 e. The standard InChI is InChI=1S/C11H14N2O2S/c1-4-6(2)8-5-13-7(3)9(10(14)15)16-11(13)12-8/h5-6H,4H2,1-3H3,(H,14,15). The number of imidazole rings is 1. The Morgan fingerprint density at radius 3 is 2.88 bits per heavy atom. The number of fused-ring (bicyclic) bond motifs is 1. The summed E-state index contributed by atoms with van der Waals surface area (Å²) in [7, 11) is 0. The number of hydrogen-bond donors (Lipinski definition) is 1. The molecule has 0 aromatic carbocycles. The molecule has 0 aliphatic rings. The number of carboxylic acid groups (broad SMARTS) is 1. The zero-order valence-corrected chi connectivity index (χ0v) is 10.3. The van der Waals surface area contributed by atoms with Crippen LogP contribution in [-0.2, 0) is 0 Å². The first-order chi connectivity index (χ1) is 7.54. The van der Waals surface area contributed by atoms with E-state index in [1.165, 1.54) is 11.3 Å². The van der Waals surface area contributed by atoms with Gasteiger partial charge >= 0.3 is 5.97 Å². The average molecular weight is 238 g/mol. The van der Waals surface area contributed by atoms with Crippen LogP contribution in [0.5, 0.6) is 0 Å². The van der Waals surface area contributed by atoms with Gasteiger partial charge in [0, 0.05) is 11.9 Å². The third-order valence-electron chi connectivity index (χ3n) is 2.89. The Hall–Kier alpha value is -1.36. The van der Waals surface area contributed by atoms with Crippen LogP contribution in [-0.4, -0.2) is 20.5 Å². The molecule has 0 radical (unpaired) electrons. The molecule has 2 heterocycles. The Bertz CT molecular complexity index is 541. The summed E-state index contributed by atoms with van der Waals surface area (Å²) >= 11 is 1.23. The minimum atomic E-state index is -0.877. The summed E-state index contributed by atoms with van der Waals surface area (Å²) in [6.45, 7) is 6.06. The molecule has 86 valence electrons. The summed E-state index contributed by atoms with van der Waals surface area (Å²) < 4.78 is 1.87. The summed E-state index contributed by atoms with van der Waals surface area (Å²) in [5.74, 6) is -0.460. The number of rotatable bonds is 3. The van der Waals surface area contributed by atoms with E-state index >= 15 is 0 Å². The fourth-order valence-electron chi connectivity index (χ4n) is 1.61. The lowest BCUT2D eigenvalue weighted by Crippen LogP contribution is -1.97. The molecule has 0 aliphatic carbocycles. The molecule has 1 N–H and O–H groups in total. The monoisotopic (exact) mass is 238 g/mol. The lowest BCUT2D eigenvalue weighted by molar-refractivity contribution is 0.0701. The molecule has 1 atom stereocenters. The fraction of sp³-hybridized carbons (Fsp3) is 0.455. The third-order valence-corrected chi connectivity index (χ3v) is 4.03. The van der Waals surface area contributed by atoms with E-state index in [2.05, 4.69) is 18.8 Å². The summed E-state index contributed by atoms with van der Waals surface area (Å²) in [6.07, 6.45) is 2.98. The fourth-order valence-corrected chi connectivity index (χ4v) is 2.57. The van der Waals surface area contributed by atoms with Crippen molar-refractivity contribution >= 4 is 22.3 Å². The summed E-state index contributed by atoms with van der Waals surface area (Å²) in [6, 6.07) is 0. The Balaban J connectivity index is 2.54. The van der Waals surface area contributed by atoms with E-state index in [0.717, 1.165) is 22.8 Å². The van der Waals surface area contributed by atoms with Gasteiger partial charge in [0.25, 0.3) is 0 Å². The zero-order chi connectivity index (χ0) is 11.9. The van der Waals surface area contributed by atoms with Crippen molar-refractivity contribution < 1.29 is 9.90 Å². The maximum Gasteiger partial charge on any atom is 0.347 e. The van der Waals surface area contributed by atoms with Gasteiger partial charge in [-0.1, -0.05) is 25.2 Å². The third kappa shape index (κ3) is 1.61. The Morgan fingerprint density at radius 2 is 2.38 bits per heavy atom. The quantitative estimate of drug-likeness (QED) is 0.894. The second-order valence-electron chi connectivity index (χ2n) is 3.95. The zero-order valence-electron chi connectivity index (χ0n) is 9.52. The van der Waals surface area contributed by atoms with Gasteiger partial charge in [-0.15, -0.1) is 0 Å². The molecule has 1 unspecified atom stereocenters. The number of nitrogens with zero attached hydrogens (tertiary/aromatic N) is 2. The number of carbonyl (C=O) groups is 1. The van der Waals surface area contributed by atoms with Crippen LogP contribution in [0.15, 0.2) is 6.20 Å². The highest BCUT2D eigenvalue weighted by Gasteiger charge is 2.17. The van der Waals surface area contributed by atoms with E-state index in [4.69, 9.17) is 5.11 Å². The van der Waals surface area contributed by atoms with Crippen LogP contribution in [0.25, 0.3) is 4.96 Å². The number of aromatic nitrogens is 2. The molecule has 0 fully saturated rings. The molecule has 2 aromatic heterocycles. The van der Waals surface area contributed by atoms with E-state index in [0.29, 0.717) is 10.8 Å². The van der Waals surface area contributed by atoms with Crippen molar-refractivity contribution in [2.75, 3.05) is 0 Å². The number of aryl methyl sites for hydroxylation is 1. The summed E-state index contributed by atoms with van der Waals surface area (Å²) in [5.41, 5.74) is 1.79. The first-order valence-electron chi connectivity index (χ1n) is 5.26. The maximum absolute atomic E-state index is 10.9. The van der Waals surface area contributed by atoms with Crippen molar-refractivity contribution in [3.05, 3.63) is 22.5 Å². The number of hydrogen-bond acceptors (Lipinski definition) is 3. The van der Waals surface area contributed by atoms with E-state index in [9.17, 15) is 4.79 Å². The Labute approximate surface area is 97.6 Å². The van der Waals surface area contributed by atoms with Crippen LogP contribution in [0.1, 0.15) is 47.2 Å². The van der Waals surface area contributed by atoms with Crippen molar-refractivity contribution in [1.82, 2.24) is 9.38 Å². The number of carboxylic acids is 1. The van der Waals surface area contributed by atoms with E-state index in [1.54, 1.807) is 0 Å². The van der Waals surface area contributed by atoms with E-state index < -0.39 is 5.97 Å². The average Bonchev–Trinajstić information content (AvgIpc) is 2.77. The predicted octanol–water partition coefficient (Wildman–Crippen LogP) is 2.92. The van der Waals surface area contributed by atoms with Gasteiger partial charge in [0.1, 0.15) is 4.88 Å². The summed E-state index contributed by atoms with van der Waals surface area (Å²) in [4.78, 5) is 16.5. The van der Waals surface area contributed by atoms with Gasteiger partial charge in [-0.2, -0.15) is 0 Å². The second-order valence-corrected chi connectivity index (χ2v) is 4.93. The first kappa shape index (κ1) is 11.1. The molecular weight excluding hydrogens is 224 g/mol. The van der Waals surface area contributed by atoms with Gasteiger partial charge < -0.3 is 5.11 Å². The molecule has 5 heteroatoms. The van der Waals surface area contributed by atoms with Gasteiger partial charge in [0.05, 0.1) is 5.69 Å². The molecule has 0 bridgehead atoms. The van der Waals surface area contributed by atoms with Crippen LogP contribution in [0, 0.1) is 6.92 Å². The predicted molar refractivity (Wildman–Crippen MR) is 63.5 cm³/mol. The second kappa shape index (κ2) is 3.90. The van der Waals surface area contributed by atoms with E-state index in [1.807, 2.05) is 17.5 Å². The highest BCUT2D eigenvalue weighted by molar-refractivity contribution is 7.18. The van der Waals surface area contributed by atoms with Crippen molar-refractivity contribution in [3.8, 4) is 0 Å². The van der Waals surface area contributed by atoms with Crippen molar-refractivity contribution in [2.45, 2.75) is 33.1 Å². The van der Waals surface area contributed by atoms with Gasteiger partial charge in [-0.3, -0.25) is 4.40 Å². The number of thiazole rings is 1. The minimum absolute atomic E-state index is 0.373. The molecule has 4 nitrogen and oxygen atoms in total. The van der Waals surface area contributed by atoms with Crippen LogP contribution in [0.3, 0.4) is 0 Å². The van der Waals surface area contributed by atoms with E-state index in [-0.39, 0.29) is 0 Å². The van der Waals surface area contributed by atoms with Crippen molar-refractivity contribution in [2.24, 2.45) is 0 Å². The Kier molecular flexibility index (Phi) is 2.71. The highest BCUT2D eigenvalue weighted by Crippen LogP contribution is 2.26. The molecule has 2 rings (SSSR count). The number of aromatic carboxylic acids is 1. The molecular formula is C11H14N2O2S. The highest BCUT2D eigenvalue weighted by atomic mass is 32.1. The molecule has 0 amide bonds. The lowest BCUT2D eigenvalue weighted by Gasteiger charge is -2.02. The lowest BCUT2D eigenvalue weighted by atomic mass is 10.1. The Morgan fingerprint density at radius 1 is 1.69 bits per heavy atom. The normalized spacial score (nSPS) is 13.2. The van der Waals surface area contributed by atoms with Gasteiger partial charge in [-0.05, 0) is 19.3 Å². The van der Waals surface area contributed by atoms with Crippen molar-refractivity contribution in [3.63, 3.8) is 0 Å². The smallest absolute Gasteiger partial charge is 0.347 e. The maximum atomic E-state index is 10.9. The van der Waals surface area contributed by atoms with Gasteiger partial charge in [-0.25, -0.2) is 9.78 Å². The SMILES string of the molecule is CCC(C)c1cn2c(C)c(C(=O)O)sc2n1. The largest absolute Gasteiger partial charge is 0.477 e. The topological polar surface area (TPSA) is 54.6 Å². The molecule has 0 aliphatic heterocycles. The van der Waals surface area contributed by atoms with Crippen molar-refractivity contribution in [1.29, 1.82) is 0 Å². The molecule has 0 saturated heterocycles. The van der Waals surface area contributed by atoms with Crippen LogP contribution < -0.4 is 0 Å². The van der Waals surface area contributed by atoms with Gasteiger partial charge in [0.15, 0.2) is 4.96 Å². The first-order valence-corrected chi connectivity index (χ1v) is 6.08. The molecule has 0 saturated carbocycles. The summed E-state index contributed by atoms with van der Waals surface area (Å²) in [5, 5.41) is 8.98. The molecule has 16 heavy (non-hydrogen) atoms. The van der Waals surface area contributed by atoms with Gasteiger partial charge in [0.2, 0.25) is 0 Å². The molecule has 0 spiro atoms. The van der Waals surface area contributed by atoms with Crippen LogP contribution in [0.4, 0.5) is 0 Å². The van der Waals surface area contributed by atoms with Crippen LogP contribution >= 0.6 is 11.3 Å². The molecule has 2 aromatic rings. The van der Waals surface area contributed by atoms with Crippen LogP contribution in [0.2, 0.25) is 0 Å².